The van der Waals surface area contributed by atoms with Crippen LogP contribution in [0.5, 0.6) is 0 Å². The number of amides is 1. The average Bonchev–Trinajstić information content (AvgIpc) is 3.34. The van der Waals surface area contributed by atoms with Crippen molar-refractivity contribution in [3.05, 3.63) is 71.9 Å². The van der Waals surface area contributed by atoms with Gasteiger partial charge in [-0.05, 0) is 30.0 Å². The van der Waals surface area contributed by atoms with Crippen molar-refractivity contribution in [1.29, 1.82) is 0 Å². The van der Waals surface area contributed by atoms with Crippen molar-refractivity contribution in [2.45, 2.75) is 25.2 Å². The molecule has 28 heavy (non-hydrogen) atoms. The van der Waals surface area contributed by atoms with Crippen LogP contribution in [0.4, 0.5) is 0 Å². The number of aromatic amines is 1. The number of aromatic nitrogens is 1. The number of H-pyrrole nitrogens is 1. The number of aliphatic carboxylic acids is 1. The number of carboxylic acid groups (broad SMARTS) is 1. The molecule has 1 saturated heterocycles. The van der Waals surface area contributed by atoms with Crippen molar-refractivity contribution in [3.63, 3.8) is 0 Å². The Morgan fingerprint density at radius 2 is 1.79 bits per heavy atom. The summed E-state index contributed by atoms with van der Waals surface area (Å²) in [5.74, 6) is -1.47. The maximum atomic E-state index is 12.7. The van der Waals surface area contributed by atoms with Gasteiger partial charge in [0.25, 0.3) is 0 Å². The van der Waals surface area contributed by atoms with Gasteiger partial charge in [-0.15, -0.1) is 0 Å². The third-order valence-corrected chi connectivity index (χ3v) is 5.73. The molecule has 1 aromatic heterocycles. The lowest BCUT2D eigenvalue weighted by molar-refractivity contribution is -0.141. The van der Waals surface area contributed by atoms with E-state index in [0.29, 0.717) is 19.5 Å². The topological polar surface area (TPSA) is 73.4 Å². The van der Waals surface area contributed by atoms with E-state index in [1.165, 1.54) is 10.9 Å². The average molecular weight is 376 g/mol. The molecule has 1 fully saturated rings. The number of benzene rings is 2. The Balaban J connectivity index is 1.37. The molecule has 2 atom stereocenters. The van der Waals surface area contributed by atoms with Gasteiger partial charge in [0.05, 0.1) is 5.92 Å². The number of carboxylic acids is 1. The second-order valence-corrected chi connectivity index (χ2v) is 7.47. The molecule has 1 aliphatic rings. The fourth-order valence-corrected chi connectivity index (χ4v) is 4.22. The van der Waals surface area contributed by atoms with Crippen molar-refractivity contribution in [2.24, 2.45) is 5.92 Å². The number of nitrogens with one attached hydrogen (secondary N) is 1. The molecular weight excluding hydrogens is 352 g/mol. The predicted octanol–water partition coefficient (Wildman–Crippen LogP) is 3.82. The summed E-state index contributed by atoms with van der Waals surface area (Å²) in [5.41, 5.74) is 3.32. The molecule has 5 nitrogen and oxygen atoms in total. The summed E-state index contributed by atoms with van der Waals surface area (Å²) in [7, 11) is 0. The zero-order valence-corrected chi connectivity index (χ0v) is 15.7. The molecule has 1 aliphatic heterocycles. The van der Waals surface area contributed by atoms with Crippen LogP contribution in [-0.2, 0) is 16.0 Å². The number of para-hydroxylation sites is 1. The highest BCUT2D eigenvalue weighted by Gasteiger charge is 2.40. The molecule has 0 unspecified atom stereocenters. The molecular formula is C23H24N2O3. The van der Waals surface area contributed by atoms with Crippen LogP contribution in [0.15, 0.2) is 60.8 Å². The summed E-state index contributed by atoms with van der Waals surface area (Å²) >= 11 is 0. The number of fused-ring (bicyclic) bond motifs is 1. The maximum Gasteiger partial charge on any atom is 0.308 e. The Labute approximate surface area is 164 Å². The minimum Gasteiger partial charge on any atom is -0.481 e. The van der Waals surface area contributed by atoms with Gasteiger partial charge in [-0.25, -0.2) is 0 Å². The fourth-order valence-electron chi connectivity index (χ4n) is 4.22. The molecule has 0 spiro atoms. The van der Waals surface area contributed by atoms with Crippen LogP contribution in [0.25, 0.3) is 10.9 Å². The highest BCUT2D eigenvalue weighted by atomic mass is 16.4. The van der Waals surface area contributed by atoms with Crippen molar-refractivity contribution in [1.82, 2.24) is 9.88 Å². The third kappa shape index (κ3) is 3.65. The predicted molar refractivity (Wildman–Crippen MR) is 108 cm³/mol. The lowest BCUT2D eigenvalue weighted by Gasteiger charge is -2.16. The lowest BCUT2D eigenvalue weighted by Crippen LogP contribution is -2.29. The number of aryl methyl sites for hydroxylation is 1. The molecule has 0 saturated carbocycles. The lowest BCUT2D eigenvalue weighted by atomic mass is 9.89. The minimum atomic E-state index is -0.831. The number of likely N-dealkylation sites (tertiary alicyclic amines) is 1. The second kappa shape index (κ2) is 7.89. The summed E-state index contributed by atoms with van der Waals surface area (Å²) in [6.07, 6.45) is 4.03. The van der Waals surface area contributed by atoms with Crippen LogP contribution < -0.4 is 0 Å². The number of rotatable bonds is 6. The van der Waals surface area contributed by atoms with E-state index < -0.39 is 11.9 Å². The normalized spacial score (nSPS) is 19.2. The van der Waals surface area contributed by atoms with E-state index in [9.17, 15) is 14.7 Å². The first-order valence-electron chi connectivity index (χ1n) is 9.74. The first kappa shape index (κ1) is 18.3. The van der Waals surface area contributed by atoms with E-state index in [4.69, 9.17) is 0 Å². The van der Waals surface area contributed by atoms with Gasteiger partial charge in [0.1, 0.15) is 0 Å². The Kier molecular flexibility index (Phi) is 5.15. The zero-order chi connectivity index (χ0) is 19.5. The van der Waals surface area contributed by atoms with E-state index in [0.717, 1.165) is 23.9 Å². The largest absolute Gasteiger partial charge is 0.481 e. The van der Waals surface area contributed by atoms with Gasteiger partial charge < -0.3 is 15.0 Å². The highest BCUT2D eigenvalue weighted by Crippen LogP contribution is 2.33. The summed E-state index contributed by atoms with van der Waals surface area (Å²) in [6, 6.07) is 17.8. The van der Waals surface area contributed by atoms with E-state index in [1.54, 1.807) is 4.90 Å². The van der Waals surface area contributed by atoms with Gasteiger partial charge in [0, 0.05) is 42.5 Å². The van der Waals surface area contributed by atoms with Crippen LogP contribution in [-0.4, -0.2) is 40.0 Å². The van der Waals surface area contributed by atoms with Crippen LogP contribution in [0, 0.1) is 5.92 Å². The first-order valence-corrected chi connectivity index (χ1v) is 9.74. The molecule has 5 heteroatoms. The van der Waals surface area contributed by atoms with Crippen LogP contribution >= 0.6 is 0 Å². The van der Waals surface area contributed by atoms with Crippen molar-refractivity contribution >= 4 is 22.8 Å². The quantitative estimate of drug-likeness (QED) is 0.687. The molecule has 0 aliphatic carbocycles. The monoisotopic (exact) mass is 376 g/mol. The van der Waals surface area contributed by atoms with E-state index >= 15 is 0 Å². The van der Waals surface area contributed by atoms with Gasteiger partial charge in [-0.2, -0.15) is 0 Å². The zero-order valence-electron chi connectivity index (χ0n) is 15.7. The number of carbonyl (C=O) groups is 2. The molecule has 0 bridgehead atoms. The Morgan fingerprint density at radius 3 is 2.57 bits per heavy atom. The van der Waals surface area contributed by atoms with E-state index in [1.807, 2.05) is 54.7 Å². The van der Waals surface area contributed by atoms with Crippen molar-refractivity contribution in [3.8, 4) is 0 Å². The molecule has 1 amide bonds. The molecule has 2 heterocycles. The number of nitrogens with zero attached hydrogens (tertiary/aromatic N) is 1. The number of hydrogen-bond donors (Lipinski definition) is 2. The summed E-state index contributed by atoms with van der Waals surface area (Å²) in [4.78, 5) is 29.4. The molecule has 2 aromatic carbocycles. The van der Waals surface area contributed by atoms with Gasteiger partial charge in [-0.3, -0.25) is 9.59 Å². The van der Waals surface area contributed by atoms with E-state index in [-0.39, 0.29) is 11.8 Å². The summed E-state index contributed by atoms with van der Waals surface area (Å²) < 4.78 is 0. The summed E-state index contributed by atoms with van der Waals surface area (Å²) in [5, 5.41) is 10.8. The van der Waals surface area contributed by atoms with Crippen LogP contribution in [0.3, 0.4) is 0 Å². The molecule has 3 aromatic rings. The van der Waals surface area contributed by atoms with Crippen molar-refractivity contribution < 1.29 is 14.7 Å². The SMILES string of the molecule is O=C(O)[C@@H]1CN(C(=O)CCCc2c[nH]c3ccccc23)C[C@@H]1c1ccccc1. The smallest absolute Gasteiger partial charge is 0.308 e. The molecule has 144 valence electrons. The van der Waals surface area contributed by atoms with Crippen LogP contribution in [0.2, 0.25) is 0 Å². The van der Waals surface area contributed by atoms with E-state index in [2.05, 4.69) is 11.1 Å². The number of hydrogen-bond acceptors (Lipinski definition) is 2. The second-order valence-electron chi connectivity index (χ2n) is 7.47. The first-order chi connectivity index (χ1) is 13.6. The maximum absolute atomic E-state index is 12.7. The molecule has 2 N–H and O–H groups in total. The Bertz CT molecular complexity index is 980. The molecule has 4 rings (SSSR count). The molecule has 0 radical (unpaired) electrons. The highest BCUT2D eigenvalue weighted by molar-refractivity contribution is 5.83. The minimum absolute atomic E-state index is 0.0459. The Morgan fingerprint density at radius 1 is 1.04 bits per heavy atom. The summed E-state index contributed by atoms with van der Waals surface area (Å²) in [6.45, 7) is 0.772. The van der Waals surface area contributed by atoms with Gasteiger partial charge in [0.15, 0.2) is 0 Å². The fraction of sp³-hybridized carbons (Fsp3) is 0.304. The van der Waals surface area contributed by atoms with Crippen molar-refractivity contribution in [2.75, 3.05) is 13.1 Å². The Hall–Kier alpha value is -3.08. The van der Waals surface area contributed by atoms with Gasteiger partial charge in [0.2, 0.25) is 5.91 Å². The van der Waals surface area contributed by atoms with Gasteiger partial charge in [-0.1, -0.05) is 48.5 Å². The van der Waals surface area contributed by atoms with Gasteiger partial charge >= 0.3 is 5.97 Å². The standard InChI is InChI=1S/C23H24N2O3/c26-22(12-6-9-17-13-24-21-11-5-4-10-18(17)21)25-14-19(20(15-25)23(27)28)16-7-2-1-3-8-16/h1-5,7-8,10-11,13,19-20,24H,6,9,12,14-15H2,(H,27,28)/t19-,20-/m1/s1. The third-order valence-electron chi connectivity index (χ3n) is 5.73. The number of carbonyl (C=O) groups excluding carboxylic acids is 1. The van der Waals surface area contributed by atoms with Crippen LogP contribution in [0.1, 0.15) is 29.9 Å².